The topological polar surface area (TPSA) is 105 Å². The van der Waals surface area contributed by atoms with Gasteiger partial charge in [-0.25, -0.2) is 4.57 Å². The molecule has 3 N–H and O–H groups in total. The minimum atomic E-state index is -4.32. The second-order valence-corrected chi connectivity index (χ2v) is 14.7. The molecule has 0 fully saturated rings. The highest BCUT2D eigenvalue weighted by atomic mass is 31.2. The van der Waals surface area contributed by atoms with Gasteiger partial charge in [-0.15, -0.1) is 0 Å². The molecule has 1 amide bonds. The smallest absolute Gasteiger partial charge is 0.387 e. The molecule has 260 valence electrons. The molecule has 0 saturated heterocycles. The molecule has 0 aromatic heterocycles. The zero-order chi connectivity index (χ0) is 32.9. The van der Waals surface area contributed by atoms with Gasteiger partial charge in [0.1, 0.15) is 13.2 Å². The molecular weight excluding hydrogens is 575 g/mol. The molecule has 0 heterocycles. The van der Waals surface area contributed by atoms with Gasteiger partial charge in [0.2, 0.25) is 5.91 Å². The van der Waals surface area contributed by atoms with Gasteiger partial charge in [0, 0.05) is 6.42 Å². The van der Waals surface area contributed by atoms with Crippen LogP contribution in [0.3, 0.4) is 0 Å². The van der Waals surface area contributed by atoms with Crippen molar-refractivity contribution in [2.45, 2.75) is 154 Å². The van der Waals surface area contributed by atoms with Crippen molar-refractivity contribution in [1.29, 1.82) is 0 Å². The standard InChI is InChI=1S/C35H69N2O6P/c1-6-8-10-12-14-15-16-17-18-19-20-21-22-23-24-26-28-34(38)33(36-35(39)29-27-25-13-11-9-7-2)32-43-44(40,41)42-31-30-37(3,4)5/h21-22,26,28,33-34,38H,6-20,23-25,27,29-32H2,1-5H3,(H-,36,39,40,41)/p+1/b22-21+,28-26+. The van der Waals surface area contributed by atoms with Crippen LogP contribution in [0, 0.1) is 0 Å². The highest BCUT2D eigenvalue weighted by molar-refractivity contribution is 7.47. The van der Waals surface area contributed by atoms with Gasteiger partial charge in [0.25, 0.3) is 0 Å². The van der Waals surface area contributed by atoms with Crippen molar-refractivity contribution in [3.05, 3.63) is 24.3 Å². The molecule has 3 unspecified atom stereocenters. The largest absolute Gasteiger partial charge is 0.472 e. The van der Waals surface area contributed by atoms with Crippen LogP contribution in [0.1, 0.15) is 142 Å². The number of nitrogens with one attached hydrogen (secondary N) is 1. The molecule has 44 heavy (non-hydrogen) atoms. The summed E-state index contributed by atoms with van der Waals surface area (Å²) >= 11 is 0. The monoisotopic (exact) mass is 645 g/mol. The number of carbonyl (C=O) groups is 1. The Bertz CT molecular complexity index is 784. The van der Waals surface area contributed by atoms with Gasteiger partial charge < -0.3 is 19.8 Å². The molecule has 3 atom stereocenters. The van der Waals surface area contributed by atoms with Crippen LogP contribution in [0.15, 0.2) is 24.3 Å². The van der Waals surface area contributed by atoms with E-state index in [0.717, 1.165) is 38.5 Å². The Labute approximate surface area is 271 Å². The molecule has 0 rings (SSSR count). The summed E-state index contributed by atoms with van der Waals surface area (Å²) in [6.07, 6.45) is 29.8. The third-order valence-corrected chi connectivity index (χ3v) is 8.66. The Morgan fingerprint density at radius 2 is 1.25 bits per heavy atom. The summed E-state index contributed by atoms with van der Waals surface area (Å²) in [5.41, 5.74) is 0. The maximum atomic E-state index is 12.6. The molecule has 0 aromatic carbocycles. The van der Waals surface area contributed by atoms with Crippen LogP contribution in [0.5, 0.6) is 0 Å². The second kappa shape index (κ2) is 28.2. The van der Waals surface area contributed by atoms with Crippen molar-refractivity contribution in [2.24, 2.45) is 0 Å². The fraction of sp³-hybridized carbons (Fsp3) is 0.857. The quantitative estimate of drug-likeness (QED) is 0.0302. The average Bonchev–Trinajstić information content (AvgIpc) is 2.95. The Morgan fingerprint density at radius 1 is 0.750 bits per heavy atom. The van der Waals surface area contributed by atoms with E-state index in [1.165, 1.54) is 83.5 Å². The Morgan fingerprint density at radius 3 is 1.82 bits per heavy atom. The zero-order valence-corrected chi connectivity index (χ0v) is 30.0. The van der Waals surface area contributed by atoms with Crippen molar-refractivity contribution in [1.82, 2.24) is 5.32 Å². The number of amides is 1. The molecule has 0 spiro atoms. The Hall–Kier alpha value is -1.02. The van der Waals surface area contributed by atoms with Crippen molar-refractivity contribution in [3.8, 4) is 0 Å². The predicted molar refractivity (Wildman–Crippen MR) is 185 cm³/mol. The molecule has 0 radical (unpaired) electrons. The second-order valence-electron chi connectivity index (χ2n) is 13.2. The van der Waals surface area contributed by atoms with E-state index in [1.54, 1.807) is 6.08 Å². The van der Waals surface area contributed by atoms with Gasteiger partial charge in [-0.1, -0.05) is 128 Å². The number of likely N-dealkylation sites (N-methyl/N-ethyl adjacent to an activating group) is 1. The van der Waals surface area contributed by atoms with Crippen molar-refractivity contribution < 1.29 is 32.9 Å². The number of hydrogen-bond acceptors (Lipinski definition) is 5. The van der Waals surface area contributed by atoms with Crippen LogP contribution in [0.2, 0.25) is 0 Å². The van der Waals surface area contributed by atoms with Gasteiger partial charge >= 0.3 is 7.82 Å². The molecule has 0 aromatic rings. The lowest BCUT2D eigenvalue weighted by atomic mass is 10.1. The molecule has 8 nitrogen and oxygen atoms in total. The minimum absolute atomic E-state index is 0.0570. The van der Waals surface area contributed by atoms with Gasteiger partial charge in [-0.3, -0.25) is 13.8 Å². The number of phosphoric ester groups is 1. The lowest BCUT2D eigenvalue weighted by molar-refractivity contribution is -0.870. The number of aliphatic hydroxyl groups is 1. The van der Waals surface area contributed by atoms with Crippen LogP contribution >= 0.6 is 7.82 Å². The van der Waals surface area contributed by atoms with Gasteiger partial charge in [0.05, 0.1) is 39.9 Å². The van der Waals surface area contributed by atoms with Crippen molar-refractivity contribution in [3.63, 3.8) is 0 Å². The van der Waals surface area contributed by atoms with E-state index in [2.05, 4.69) is 31.3 Å². The highest BCUT2D eigenvalue weighted by Gasteiger charge is 2.27. The third-order valence-electron chi connectivity index (χ3n) is 7.67. The number of unbranched alkanes of at least 4 members (excludes halogenated alkanes) is 16. The maximum Gasteiger partial charge on any atom is 0.472 e. The normalized spacial score (nSPS) is 15.2. The van der Waals surface area contributed by atoms with E-state index in [1.807, 2.05) is 27.2 Å². The fourth-order valence-electron chi connectivity index (χ4n) is 4.76. The lowest BCUT2D eigenvalue weighted by Crippen LogP contribution is -2.45. The van der Waals surface area contributed by atoms with Crippen LogP contribution in [0.25, 0.3) is 0 Å². The van der Waals surface area contributed by atoms with E-state index in [-0.39, 0.29) is 19.1 Å². The van der Waals surface area contributed by atoms with E-state index in [0.29, 0.717) is 17.4 Å². The maximum absolute atomic E-state index is 12.6. The fourth-order valence-corrected chi connectivity index (χ4v) is 5.50. The summed E-state index contributed by atoms with van der Waals surface area (Å²) in [5.74, 6) is -0.199. The molecule has 0 bridgehead atoms. The first-order chi connectivity index (χ1) is 21.0. The Kier molecular flexibility index (Phi) is 27.6. The molecule has 0 aliphatic rings. The van der Waals surface area contributed by atoms with Crippen molar-refractivity contribution >= 4 is 13.7 Å². The summed E-state index contributed by atoms with van der Waals surface area (Å²) in [4.78, 5) is 22.7. The minimum Gasteiger partial charge on any atom is -0.387 e. The first-order valence-electron chi connectivity index (χ1n) is 17.7. The Balaban J connectivity index is 4.54. The van der Waals surface area contributed by atoms with E-state index < -0.39 is 20.0 Å². The van der Waals surface area contributed by atoms with Gasteiger partial charge in [-0.2, -0.15) is 0 Å². The average molecular weight is 646 g/mol. The van der Waals surface area contributed by atoms with Crippen LogP contribution < -0.4 is 5.32 Å². The lowest BCUT2D eigenvalue weighted by Gasteiger charge is -2.25. The van der Waals surface area contributed by atoms with Crippen LogP contribution in [0.4, 0.5) is 0 Å². The molecular formula is C35H70N2O6P+. The van der Waals surface area contributed by atoms with E-state index in [4.69, 9.17) is 9.05 Å². The SMILES string of the molecule is CCCCCCCCCCCC/C=C/CC/C=C/C(O)C(COP(=O)(O)OCC[N+](C)(C)C)NC(=O)CCCCCCCC. The summed E-state index contributed by atoms with van der Waals surface area (Å²) in [5, 5.41) is 13.6. The highest BCUT2D eigenvalue weighted by Crippen LogP contribution is 2.43. The number of rotatable bonds is 31. The summed E-state index contributed by atoms with van der Waals surface area (Å²) in [7, 11) is 1.55. The molecule has 9 heteroatoms. The van der Waals surface area contributed by atoms with Crippen LogP contribution in [-0.4, -0.2) is 73.4 Å². The van der Waals surface area contributed by atoms with E-state index >= 15 is 0 Å². The summed E-state index contributed by atoms with van der Waals surface area (Å²) in [6, 6.07) is -0.854. The van der Waals surface area contributed by atoms with Crippen LogP contribution in [-0.2, 0) is 18.4 Å². The number of nitrogens with zero attached hydrogens (tertiary/aromatic N) is 1. The first kappa shape index (κ1) is 43.0. The van der Waals surface area contributed by atoms with E-state index in [9.17, 15) is 19.4 Å². The molecule has 0 aliphatic heterocycles. The zero-order valence-electron chi connectivity index (χ0n) is 29.1. The molecule has 0 aliphatic carbocycles. The summed E-state index contributed by atoms with van der Waals surface area (Å²) < 4.78 is 23.3. The number of carbonyl (C=O) groups excluding carboxylic acids is 1. The summed E-state index contributed by atoms with van der Waals surface area (Å²) in [6.45, 7) is 4.69. The number of hydrogen-bond donors (Lipinski definition) is 3. The molecule has 0 saturated carbocycles. The van der Waals surface area contributed by atoms with Crippen molar-refractivity contribution in [2.75, 3.05) is 40.9 Å². The third kappa shape index (κ3) is 29.7. The van der Waals surface area contributed by atoms with Gasteiger partial charge in [0.15, 0.2) is 0 Å². The number of aliphatic hydroxyl groups excluding tert-OH is 1. The number of quaternary nitrogens is 1. The number of allylic oxidation sites excluding steroid dienone is 3. The predicted octanol–water partition coefficient (Wildman–Crippen LogP) is 8.63. The first-order valence-corrected chi connectivity index (χ1v) is 19.2. The number of phosphoric acid groups is 1. The van der Waals surface area contributed by atoms with Gasteiger partial charge in [-0.05, 0) is 32.1 Å².